The predicted molar refractivity (Wildman–Crippen MR) is 105 cm³/mol. The molecule has 0 unspecified atom stereocenters. The van der Waals surface area contributed by atoms with Crippen LogP contribution in [0, 0.1) is 5.92 Å². The Morgan fingerprint density at radius 1 is 1.03 bits per heavy atom. The third-order valence-corrected chi connectivity index (χ3v) is 6.76. The van der Waals surface area contributed by atoms with Crippen molar-refractivity contribution in [2.75, 3.05) is 13.1 Å². The summed E-state index contributed by atoms with van der Waals surface area (Å²) in [4.78, 5) is 12.5. The fourth-order valence-electron chi connectivity index (χ4n) is 3.22. The number of nitrogens with one attached hydrogen (secondary N) is 1. The first kappa shape index (κ1) is 22.0. The number of hydrogen-bond donors (Lipinski definition) is 1. The molecule has 0 aromatic heterocycles. The van der Waals surface area contributed by atoms with Crippen LogP contribution >= 0.6 is 0 Å². The molecule has 30 heavy (non-hydrogen) atoms. The summed E-state index contributed by atoms with van der Waals surface area (Å²) in [6.07, 6.45) is -2.97. The molecule has 1 heterocycles. The summed E-state index contributed by atoms with van der Waals surface area (Å²) in [6.45, 7) is 0.353. The molecule has 0 bridgehead atoms. The fraction of sp³-hybridized carbons (Fsp3) is 0.300. The topological polar surface area (TPSA) is 78.8 Å². The molecule has 0 atom stereocenters. The summed E-state index contributed by atoms with van der Waals surface area (Å²) in [6, 6.07) is 12.9. The molecule has 1 aliphatic rings. The number of hydrazone groups is 1. The van der Waals surface area contributed by atoms with Gasteiger partial charge >= 0.3 is 6.18 Å². The highest BCUT2D eigenvalue weighted by atomic mass is 32.2. The number of hydrogen-bond acceptors (Lipinski definition) is 4. The van der Waals surface area contributed by atoms with E-state index in [4.69, 9.17) is 0 Å². The molecule has 160 valence electrons. The first-order valence-electron chi connectivity index (χ1n) is 9.24. The second-order valence-electron chi connectivity index (χ2n) is 6.81. The molecule has 1 fully saturated rings. The number of piperidine rings is 1. The van der Waals surface area contributed by atoms with E-state index in [1.165, 1.54) is 34.6 Å². The minimum Gasteiger partial charge on any atom is -0.273 e. The van der Waals surface area contributed by atoms with E-state index >= 15 is 0 Å². The number of alkyl halides is 3. The van der Waals surface area contributed by atoms with E-state index in [1.54, 1.807) is 18.2 Å². The number of benzene rings is 2. The standard InChI is InChI=1S/C20H20F3N3O3S/c21-20(22,23)18-9-5-4-6-16(18)14-24-25-19(27)15-10-12-26(13-11-15)30(28,29)17-7-2-1-3-8-17/h1-9,14-15H,10-13H2,(H,25,27)/b24-14-. The van der Waals surface area contributed by atoms with E-state index in [9.17, 15) is 26.4 Å². The second kappa shape index (κ2) is 8.97. The first-order valence-corrected chi connectivity index (χ1v) is 10.7. The molecule has 2 aromatic carbocycles. The third kappa shape index (κ3) is 5.06. The second-order valence-corrected chi connectivity index (χ2v) is 8.75. The number of carbonyl (C=O) groups excluding carboxylic acids is 1. The number of amides is 1. The van der Waals surface area contributed by atoms with E-state index in [2.05, 4.69) is 10.5 Å². The van der Waals surface area contributed by atoms with E-state index in [-0.39, 0.29) is 23.5 Å². The van der Waals surface area contributed by atoms with Gasteiger partial charge in [-0.2, -0.15) is 22.6 Å². The van der Waals surface area contributed by atoms with Gasteiger partial charge in [-0.25, -0.2) is 13.8 Å². The summed E-state index contributed by atoms with van der Waals surface area (Å²) < 4.78 is 65.5. The number of halogens is 3. The van der Waals surface area contributed by atoms with Crippen molar-refractivity contribution in [2.24, 2.45) is 11.0 Å². The lowest BCUT2D eigenvalue weighted by molar-refractivity contribution is -0.137. The summed E-state index contributed by atoms with van der Waals surface area (Å²) in [7, 11) is -3.62. The normalized spacial score (nSPS) is 16.6. The van der Waals surface area contributed by atoms with Crippen LogP contribution in [0.1, 0.15) is 24.0 Å². The number of rotatable bonds is 5. The van der Waals surface area contributed by atoms with E-state index < -0.39 is 33.6 Å². The Bertz CT molecular complexity index is 1020. The van der Waals surface area contributed by atoms with Crippen LogP contribution in [0.25, 0.3) is 0 Å². The van der Waals surface area contributed by atoms with Gasteiger partial charge in [0.05, 0.1) is 16.7 Å². The maximum absolute atomic E-state index is 13.0. The van der Waals surface area contributed by atoms with Gasteiger partial charge < -0.3 is 0 Å². The van der Waals surface area contributed by atoms with Crippen molar-refractivity contribution in [1.82, 2.24) is 9.73 Å². The van der Waals surface area contributed by atoms with Crippen LogP contribution in [0.4, 0.5) is 13.2 Å². The van der Waals surface area contributed by atoms with E-state index in [0.29, 0.717) is 12.8 Å². The summed E-state index contributed by atoms with van der Waals surface area (Å²) in [5, 5.41) is 3.65. The first-order chi connectivity index (χ1) is 14.2. The maximum Gasteiger partial charge on any atom is 0.417 e. The van der Waals surface area contributed by atoms with E-state index in [1.807, 2.05) is 0 Å². The Hall–Kier alpha value is -2.72. The average molecular weight is 439 g/mol. The lowest BCUT2D eigenvalue weighted by Gasteiger charge is -2.30. The molecule has 1 aliphatic heterocycles. The molecule has 1 amide bonds. The fourth-order valence-corrected chi connectivity index (χ4v) is 4.72. The van der Waals surface area contributed by atoms with Gasteiger partial charge in [0.15, 0.2) is 0 Å². The predicted octanol–water partition coefficient (Wildman–Crippen LogP) is 3.26. The molecule has 10 heteroatoms. The van der Waals surface area contributed by atoms with Gasteiger partial charge in [0, 0.05) is 24.6 Å². The van der Waals surface area contributed by atoms with Crippen molar-refractivity contribution >= 4 is 22.1 Å². The SMILES string of the molecule is O=C(N/N=C\c1ccccc1C(F)(F)F)C1CCN(S(=O)(=O)c2ccccc2)CC1. The largest absolute Gasteiger partial charge is 0.417 e. The summed E-state index contributed by atoms with van der Waals surface area (Å²) in [5.41, 5.74) is 1.26. The number of sulfonamides is 1. The minimum absolute atomic E-state index is 0.158. The highest BCUT2D eigenvalue weighted by molar-refractivity contribution is 7.89. The Morgan fingerprint density at radius 3 is 2.27 bits per heavy atom. The average Bonchev–Trinajstić information content (AvgIpc) is 2.74. The van der Waals surface area contributed by atoms with Crippen molar-refractivity contribution < 1.29 is 26.4 Å². The van der Waals surface area contributed by atoms with Gasteiger partial charge in [-0.15, -0.1) is 0 Å². The lowest BCUT2D eigenvalue weighted by atomic mass is 9.98. The molecule has 0 aliphatic carbocycles. The van der Waals surface area contributed by atoms with Crippen LogP contribution < -0.4 is 5.43 Å². The maximum atomic E-state index is 13.0. The Balaban J connectivity index is 1.57. The van der Waals surface area contributed by atoms with Crippen LogP contribution in [0.2, 0.25) is 0 Å². The van der Waals surface area contributed by atoms with Gasteiger partial charge in [0.25, 0.3) is 0 Å². The van der Waals surface area contributed by atoms with Gasteiger partial charge in [0.2, 0.25) is 15.9 Å². The highest BCUT2D eigenvalue weighted by Gasteiger charge is 2.33. The van der Waals surface area contributed by atoms with Gasteiger partial charge in [0.1, 0.15) is 0 Å². The van der Waals surface area contributed by atoms with Crippen LogP contribution in [-0.2, 0) is 21.0 Å². The van der Waals surface area contributed by atoms with Crippen LogP contribution in [0.15, 0.2) is 64.6 Å². The summed E-state index contributed by atoms with van der Waals surface area (Å²) >= 11 is 0. The van der Waals surface area contributed by atoms with Crippen LogP contribution in [-0.4, -0.2) is 37.9 Å². The Labute approximate surface area is 172 Å². The van der Waals surface area contributed by atoms with Crippen molar-refractivity contribution in [3.63, 3.8) is 0 Å². The molecule has 3 rings (SSSR count). The van der Waals surface area contributed by atoms with Crippen LogP contribution in [0.3, 0.4) is 0 Å². The summed E-state index contributed by atoms with van der Waals surface area (Å²) in [5.74, 6) is -0.922. The zero-order chi connectivity index (χ0) is 21.8. The molecule has 1 saturated heterocycles. The van der Waals surface area contributed by atoms with Crippen LogP contribution in [0.5, 0.6) is 0 Å². The van der Waals surface area contributed by atoms with Gasteiger partial charge in [-0.3, -0.25) is 4.79 Å². The molecule has 1 N–H and O–H groups in total. The monoisotopic (exact) mass is 439 g/mol. The number of carbonyl (C=O) groups is 1. The molecule has 0 radical (unpaired) electrons. The van der Waals surface area contributed by atoms with Gasteiger partial charge in [-0.1, -0.05) is 36.4 Å². The Kier molecular flexibility index (Phi) is 6.57. The van der Waals surface area contributed by atoms with Gasteiger partial charge in [-0.05, 0) is 31.0 Å². The van der Waals surface area contributed by atoms with Crippen molar-refractivity contribution in [3.8, 4) is 0 Å². The van der Waals surface area contributed by atoms with Crippen molar-refractivity contribution in [2.45, 2.75) is 23.9 Å². The lowest BCUT2D eigenvalue weighted by Crippen LogP contribution is -2.42. The molecule has 0 saturated carbocycles. The molecule has 0 spiro atoms. The third-order valence-electron chi connectivity index (χ3n) is 4.85. The molecule has 6 nitrogen and oxygen atoms in total. The van der Waals surface area contributed by atoms with E-state index in [0.717, 1.165) is 12.3 Å². The minimum atomic E-state index is -4.52. The molecule has 2 aromatic rings. The zero-order valence-corrected chi connectivity index (χ0v) is 16.7. The zero-order valence-electron chi connectivity index (χ0n) is 15.8. The smallest absolute Gasteiger partial charge is 0.273 e. The molecular formula is C20H20F3N3O3S. The quantitative estimate of drug-likeness (QED) is 0.574. The van der Waals surface area contributed by atoms with Crippen molar-refractivity contribution in [3.05, 3.63) is 65.7 Å². The highest BCUT2D eigenvalue weighted by Crippen LogP contribution is 2.31. The van der Waals surface area contributed by atoms with Crippen molar-refractivity contribution in [1.29, 1.82) is 0 Å². The Morgan fingerprint density at radius 2 is 1.63 bits per heavy atom. The number of nitrogens with zero attached hydrogens (tertiary/aromatic N) is 2. The molecular weight excluding hydrogens is 419 g/mol.